The molecule has 0 aliphatic carbocycles. The molecule has 1 saturated heterocycles. The van der Waals surface area contributed by atoms with Crippen molar-refractivity contribution in [2.24, 2.45) is 5.92 Å². The van der Waals surface area contributed by atoms with Gasteiger partial charge in [0.15, 0.2) is 0 Å². The minimum Gasteiger partial charge on any atom is -0.371 e. The van der Waals surface area contributed by atoms with Gasteiger partial charge >= 0.3 is 6.15 Å². The Kier molecular flexibility index (Phi) is 7.91. The number of hydrogen-bond donors (Lipinski definition) is 0. The van der Waals surface area contributed by atoms with Gasteiger partial charge in [-0.3, -0.25) is 0 Å². The number of benzene rings is 1. The summed E-state index contributed by atoms with van der Waals surface area (Å²) in [6.07, 6.45) is 7.81. The molecule has 1 aliphatic rings. The molecular formula is C26H32BrN3O2. The van der Waals surface area contributed by atoms with Crippen molar-refractivity contribution >= 4 is 38.8 Å². The third kappa shape index (κ3) is 4.97. The van der Waals surface area contributed by atoms with Gasteiger partial charge in [-0.05, 0) is 81.3 Å². The van der Waals surface area contributed by atoms with Crippen LogP contribution in [0.1, 0.15) is 55.0 Å². The van der Waals surface area contributed by atoms with E-state index in [2.05, 4.69) is 84.4 Å². The van der Waals surface area contributed by atoms with Crippen molar-refractivity contribution in [3.05, 3.63) is 51.3 Å². The molecule has 3 heterocycles. The van der Waals surface area contributed by atoms with Gasteiger partial charge in [-0.1, -0.05) is 35.7 Å². The number of piperidine rings is 1. The first-order valence-corrected chi connectivity index (χ1v) is 12.1. The van der Waals surface area contributed by atoms with E-state index in [1.807, 2.05) is 0 Å². The fourth-order valence-electron chi connectivity index (χ4n) is 5.09. The molecule has 2 aromatic heterocycles. The molecule has 0 N–H and O–H groups in total. The smallest absolute Gasteiger partial charge is 0.371 e. The molecule has 170 valence electrons. The van der Waals surface area contributed by atoms with Crippen LogP contribution in [0.2, 0.25) is 0 Å². The van der Waals surface area contributed by atoms with Gasteiger partial charge in [0.1, 0.15) is 5.65 Å². The van der Waals surface area contributed by atoms with Gasteiger partial charge < -0.3 is 9.47 Å². The summed E-state index contributed by atoms with van der Waals surface area (Å²) in [6, 6.07) is 6.68. The summed E-state index contributed by atoms with van der Waals surface area (Å²) >= 11 is 3.63. The second-order valence-corrected chi connectivity index (χ2v) is 9.77. The van der Waals surface area contributed by atoms with Crippen LogP contribution < -0.4 is 4.90 Å². The summed E-state index contributed by atoms with van der Waals surface area (Å²) in [7, 11) is 0. The van der Waals surface area contributed by atoms with E-state index in [0.29, 0.717) is 0 Å². The largest absolute Gasteiger partial charge is 0.373 e. The molecule has 1 aromatic carbocycles. The van der Waals surface area contributed by atoms with Crippen molar-refractivity contribution < 1.29 is 9.59 Å². The fraction of sp³-hybridized carbons (Fsp3) is 0.462. The van der Waals surface area contributed by atoms with Crippen LogP contribution in [0.3, 0.4) is 0 Å². The average Bonchev–Trinajstić information content (AvgIpc) is 3.04. The van der Waals surface area contributed by atoms with Crippen LogP contribution in [0.15, 0.2) is 28.9 Å². The van der Waals surface area contributed by atoms with E-state index >= 15 is 0 Å². The zero-order chi connectivity index (χ0) is 23.4. The number of carbonyl (C=O) groups excluding carboxylic acids is 2. The zero-order valence-corrected chi connectivity index (χ0v) is 21.3. The van der Waals surface area contributed by atoms with Crippen molar-refractivity contribution in [3.63, 3.8) is 0 Å². The quantitative estimate of drug-likeness (QED) is 0.415. The van der Waals surface area contributed by atoms with Gasteiger partial charge in [-0.15, -0.1) is 0 Å². The molecule has 1 fully saturated rings. The van der Waals surface area contributed by atoms with Crippen molar-refractivity contribution in [2.45, 2.75) is 60.3 Å². The molecule has 0 unspecified atom stereocenters. The van der Waals surface area contributed by atoms with Crippen LogP contribution in [-0.2, 0) is 9.59 Å². The van der Waals surface area contributed by atoms with Crippen LogP contribution in [0.4, 0.5) is 5.69 Å². The van der Waals surface area contributed by atoms with Crippen LogP contribution in [-0.4, -0.2) is 28.8 Å². The molecule has 0 bridgehead atoms. The number of fused-ring (bicyclic) bond motifs is 1. The monoisotopic (exact) mass is 497 g/mol. The topological polar surface area (TPSA) is 55.2 Å². The first-order valence-electron chi connectivity index (χ1n) is 11.3. The number of nitrogens with zero attached hydrogens (tertiary/aromatic N) is 3. The van der Waals surface area contributed by atoms with Crippen LogP contribution >= 0.6 is 15.9 Å². The molecule has 0 amide bonds. The molecule has 0 spiro atoms. The standard InChI is InChI=1S/C25H32BrN3.CO2/c1-6-7-20-8-10-28(11-9-20)22-14-19(5)27-25-23(22)18(4)15-29(25)24-16(2)12-21(26)13-17(24)3;2-1-3/h12-15,20H,6-11H2,1-5H3;. The fourth-order valence-corrected chi connectivity index (χ4v) is 5.77. The van der Waals surface area contributed by atoms with E-state index < -0.39 is 0 Å². The van der Waals surface area contributed by atoms with Crippen molar-refractivity contribution in [1.82, 2.24) is 9.55 Å². The summed E-state index contributed by atoms with van der Waals surface area (Å²) in [5.74, 6) is 0.897. The molecule has 0 atom stereocenters. The lowest BCUT2D eigenvalue weighted by atomic mass is 9.92. The van der Waals surface area contributed by atoms with Gasteiger partial charge in [0.05, 0.1) is 5.69 Å². The molecule has 3 aromatic rings. The van der Waals surface area contributed by atoms with Gasteiger partial charge in [-0.25, -0.2) is 4.98 Å². The molecule has 1 aliphatic heterocycles. The molecule has 5 nitrogen and oxygen atoms in total. The normalized spacial score (nSPS) is 14.2. The minimum atomic E-state index is 0.250. The number of halogens is 1. The lowest BCUT2D eigenvalue weighted by molar-refractivity contribution is -0.191. The van der Waals surface area contributed by atoms with E-state index in [9.17, 15) is 0 Å². The summed E-state index contributed by atoms with van der Waals surface area (Å²) in [5, 5.41) is 1.31. The molecule has 0 saturated carbocycles. The van der Waals surface area contributed by atoms with Crippen molar-refractivity contribution in [2.75, 3.05) is 18.0 Å². The maximum absolute atomic E-state index is 8.12. The molecule has 0 radical (unpaired) electrons. The lowest BCUT2D eigenvalue weighted by Crippen LogP contribution is -2.33. The van der Waals surface area contributed by atoms with Gasteiger partial charge in [0.25, 0.3) is 0 Å². The Labute approximate surface area is 199 Å². The molecule has 32 heavy (non-hydrogen) atoms. The number of aromatic nitrogens is 2. The van der Waals surface area contributed by atoms with Gasteiger partial charge in [-0.2, -0.15) is 9.59 Å². The highest BCUT2D eigenvalue weighted by Gasteiger charge is 2.23. The number of aryl methyl sites for hydroxylation is 4. The van der Waals surface area contributed by atoms with E-state index in [0.717, 1.165) is 34.8 Å². The third-order valence-corrected chi connectivity index (χ3v) is 6.86. The first kappa shape index (κ1) is 24.2. The second kappa shape index (κ2) is 10.5. The maximum Gasteiger partial charge on any atom is 0.373 e. The predicted molar refractivity (Wildman–Crippen MR) is 133 cm³/mol. The molecule has 6 heteroatoms. The highest BCUT2D eigenvalue weighted by atomic mass is 79.9. The van der Waals surface area contributed by atoms with Crippen LogP contribution in [0, 0.1) is 33.6 Å². The Morgan fingerprint density at radius 1 is 1.03 bits per heavy atom. The highest BCUT2D eigenvalue weighted by Crippen LogP contribution is 2.36. The molecule has 4 rings (SSSR count). The Morgan fingerprint density at radius 3 is 2.19 bits per heavy atom. The molecular weight excluding hydrogens is 466 g/mol. The zero-order valence-electron chi connectivity index (χ0n) is 19.7. The number of hydrogen-bond acceptors (Lipinski definition) is 4. The predicted octanol–water partition coefficient (Wildman–Crippen LogP) is 6.45. The van der Waals surface area contributed by atoms with Crippen LogP contribution in [0.5, 0.6) is 0 Å². The van der Waals surface area contributed by atoms with E-state index in [1.54, 1.807) is 0 Å². The van der Waals surface area contributed by atoms with Crippen molar-refractivity contribution in [3.8, 4) is 5.69 Å². The number of rotatable bonds is 4. The SMILES string of the molecule is CCCC1CCN(c2cc(C)nc3c2c(C)cn3-c2c(C)cc(Br)cc2C)CC1.O=C=O. The van der Waals surface area contributed by atoms with E-state index in [4.69, 9.17) is 14.6 Å². The van der Waals surface area contributed by atoms with Crippen molar-refractivity contribution in [1.29, 1.82) is 0 Å². The second-order valence-electron chi connectivity index (χ2n) is 8.85. The Hall–Kier alpha value is -2.43. The Morgan fingerprint density at radius 2 is 1.62 bits per heavy atom. The third-order valence-electron chi connectivity index (χ3n) is 6.40. The van der Waals surface area contributed by atoms with Gasteiger partial charge in [0.2, 0.25) is 0 Å². The first-order chi connectivity index (χ1) is 15.3. The lowest BCUT2D eigenvalue weighted by Gasteiger charge is -2.34. The summed E-state index contributed by atoms with van der Waals surface area (Å²) < 4.78 is 3.44. The van der Waals surface area contributed by atoms with Crippen LogP contribution in [0.25, 0.3) is 16.7 Å². The minimum absolute atomic E-state index is 0.250. The van der Waals surface area contributed by atoms with E-state index in [-0.39, 0.29) is 6.15 Å². The maximum atomic E-state index is 8.12. The average molecular weight is 498 g/mol. The highest BCUT2D eigenvalue weighted by molar-refractivity contribution is 9.10. The van der Waals surface area contributed by atoms with E-state index in [1.165, 1.54) is 59.1 Å². The van der Waals surface area contributed by atoms with Gasteiger partial charge in [0, 0.05) is 40.5 Å². The Bertz CT molecular complexity index is 1110. The number of pyridine rings is 1. The summed E-state index contributed by atoms with van der Waals surface area (Å²) in [4.78, 5) is 23.9. The number of anilines is 1. The Balaban J connectivity index is 0.000000913. The summed E-state index contributed by atoms with van der Waals surface area (Å²) in [6.45, 7) is 13.3. The summed E-state index contributed by atoms with van der Waals surface area (Å²) in [5.41, 5.74) is 8.62.